The van der Waals surface area contributed by atoms with Crippen LogP contribution in [0.4, 0.5) is 0 Å². The molecule has 3 rings (SSSR count). The van der Waals surface area contributed by atoms with Crippen LogP contribution in [0.5, 0.6) is 0 Å². The van der Waals surface area contributed by atoms with E-state index in [1.54, 1.807) is 0 Å². The first-order chi connectivity index (χ1) is 10.2. The minimum absolute atomic E-state index is 0. The number of fused-ring (bicyclic) bond motifs is 2. The molecule has 1 aromatic rings. The number of halogens is 1. The van der Waals surface area contributed by atoms with E-state index in [2.05, 4.69) is 27.5 Å². The predicted molar refractivity (Wildman–Crippen MR) is 95.6 cm³/mol. The van der Waals surface area contributed by atoms with Crippen molar-refractivity contribution in [1.82, 2.24) is 15.6 Å². The van der Waals surface area contributed by atoms with Gasteiger partial charge in [0.05, 0.1) is 23.9 Å². The fraction of sp³-hybridized carbons (Fsp3) is 0.733. The number of hydrogen-bond donors (Lipinski definition) is 2. The first-order valence-electron chi connectivity index (χ1n) is 7.79. The van der Waals surface area contributed by atoms with Crippen molar-refractivity contribution in [3.8, 4) is 0 Å². The lowest BCUT2D eigenvalue weighted by Gasteiger charge is -2.22. The van der Waals surface area contributed by atoms with E-state index in [4.69, 9.17) is 9.15 Å². The zero-order chi connectivity index (χ0) is 14.8. The van der Waals surface area contributed by atoms with E-state index >= 15 is 0 Å². The molecule has 7 heteroatoms. The third kappa shape index (κ3) is 3.92. The molecule has 22 heavy (non-hydrogen) atoms. The molecule has 1 aromatic heterocycles. The second-order valence-corrected chi connectivity index (χ2v) is 5.80. The number of aliphatic imine (C=N–C) groups is 1. The molecule has 0 aromatic carbocycles. The smallest absolute Gasteiger partial charge is 0.216 e. The van der Waals surface area contributed by atoms with Gasteiger partial charge in [0, 0.05) is 6.54 Å². The van der Waals surface area contributed by atoms with Crippen LogP contribution in [0, 0.1) is 13.8 Å². The highest BCUT2D eigenvalue weighted by atomic mass is 127. The van der Waals surface area contributed by atoms with Crippen LogP contribution >= 0.6 is 24.0 Å². The Morgan fingerprint density at radius 3 is 2.73 bits per heavy atom. The number of aromatic nitrogens is 1. The summed E-state index contributed by atoms with van der Waals surface area (Å²) in [6, 6.07) is 0.370. The van der Waals surface area contributed by atoms with Crippen molar-refractivity contribution in [2.75, 3.05) is 6.54 Å². The van der Waals surface area contributed by atoms with Crippen molar-refractivity contribution in [3.05, 3.63) is 17.3 Å². The van der Waals surface area contributed by atoms with Crippen molar-refractivity contribution in [2.24, 2.45) is 4.99 Å². The quantitative estimate of drug-likeness (QED) is 0.445. The van der Waals surface area contributed by atoms with E-state index in [1.807, 2.05) is 13.8 Å². The molecule has 0 saturated carbocycles. The Morgan fingerprint density at radius 2 is 2.18 bits per heavy atom. The average Bonchev–Trinajstić information content (AvgIpc) is 3.13. The Morgan fingerprint density at radius 1 is 1.36 bits per heavy atom. The number of guanidine groups is 1. The topological polar surface area (TPSA) is 71.7 Å². The number of aryl methyl sites for hydroxylation is 2. The van der Waals surface area contributed by atoms with Crippen molar-refractivity contribution >= 4 is 29.9 Å². The van der Waals surface area contributed by atoms with Gasteiger partial charge in [-0.25, -0.2) is 9.98 Å². The average molecular weight is 420 g/mol. The molecule has 3 heterocycles. The monoisotopic (exact) mass is 420 g/mol. The molecule has 2 bridgehead atoms. The molecule has 6 nitrogen and oxygen atoms in total. The maximum absolute atomic E-state index is 5.87. The Hall–Kier alpha value is -0.830. The van der Waals surface area contributed by atoms with Crippen LogP contribution < -0.4 is 10.6 Å². The van der Waals surface area contributed by atoms with Gasteiger partial charge < -0.3 is 19.8 Å². The summed E-state index contributed by atoms with van der Waals surface area (Å²) in [5.74, 6) is 2.33. The van der Waals surface area contributed by atoms with Crippen molar-refractivity contribution < 1.29 is 9.15 Å². The molecule has 0 amide bonds. The lowest BCUT2D eigenvalue weighted by Crippen LogP contribution is -2.47. The summed E-state index contributed by atoms with van der Waals surface area (Å²) in [7, 11) is 0. The summed E-state index contributed by atoms with van der Waals surface area (Å²) in [5.41, 5.74) is 0.930. The van der Waals surface area contributed by atoms with Crippen LogP contribution in [-0.2, 0) is 11.3 Å². The molecule has 2 aliphatic rings. The number of nitrogens with zero attached hydrogens (tertiary/aromatic N) is 2. The summed E-state index contributed by atoms with van der Waals surface area (Å²) in [6.45, 7) is 7.21. The Balaban J connectivity index is 0.00000176. The lowest BCUT2D eigenvalue weighted by molar-refractivity contribution is 0.0992. The van der Waals surface area contributed by atoms with Crippen LogP contribution in [0.1, 0.15) is 43.5 Å². The first kappa shape index (κ1) is 17.5. The van der Waals surface area contributed by atoms with E-state index < -0.39 is 0 Å². The third-order valence-corrected chi connectivity index (χ3v) is 4.22. The van der Waals surface area contributed by atoms with E-state index in [0.29, 0.717) is 30.7 Å². The van der Waals surface area contributed by atoms with Gasteiger partial charge in [0.2, 0.25) is 5.89 Å². The fourth-order valence-corrected chi connectivity index (χ4v) is 3.04. The molecule has 0 radical (unpaired) electrons. The standard InChI is InChI=1S/C15H24N4O2.HI/c1-4-16-15(17-8-14-18-9(2)10(3)20-14)19-12-7-11-5-6-13(12)21-11;/h11-13H,4-8H2,1-3H3,(H2,16,17,19);1H. The van der Waals surface area contributed by atoms with Gasteiger partial charge >= 0.3 is 0 Å². The first-order valence-corrected chi connectivity index (χ1v) is 7.79. The SMILES string of the molecule is CCNC(=NCc1nc(C)c(C)o1)NC1CC2CCC1O2.I. The zero-order valence-electron chi connectivity index (χ0n) is 13.4. The highest BCUT2D eigenvalue weighted by Crippen LogP contribution is 2.34. The molecule has 0 spiro atoms. The molecular formula is C15H25IN4O2. The summed E-state index contributed by atoms with van der Waals surface area (Å²) in [5, 5.41) is 6.76. The number of ether oxygens (including phenoxy) is 1. The molecule has 2 aliphatic heterocycles. The largest absolute Gasteiger partial charge is 0.444 e. The molecule has 2 saturated heterocycles. The predicted octanol–water partition coefficient (Wildman–Crippen LogP) is 2.28. The second-order valence-electron chi connectivity index (χ2n) is 5.80. The number of oxazole rings is 1. The van der Waals surface area contributed by atoms with Gasteiger partial charge in [-0.2, -0.15) is 0 Å². The summed E-state index contributed by atoms with van der Waals surface area (Å²) >= 11 is 0. The van der Waals surface area contributed by atoms with Crippen LogP contribution in [0.3, 0.4) is 0 Å². The lowest BCUT2D eigenvalue weighted by atomic mass is 9.96. The number of hydrogen-bond acceptors (Lipinski definition) is 4. The molecule has 3 unspecified atom stereocenters. The maximum Gasteiger partial charge on any atom is 0.216 e. The molecular weight excluding hydrogens is 395 g/mol. The van der Waals surface area contributed by atoms with Gasteiger partial charge in [-0.3, -0.25) is 0 Å². The third-order valence-electron chi connectivity index (χ3n) is 4.22. The minimum Gasteiger partial charge on any atom is -0.444 e. The molecule has 2 fully saturated rings. The molecule has 2 N–H and O–H groups in total. The second kappa shape index (κ2) is 7.63. The number of rotatable bonds is 4. The summed E-state index contributed by atoms with van der Waals surface area (Å²) < 4.78 is 11.4. The van der Waals surface area contributed by atoms with Gasteiger partial charge in [0.25, 0.3) is 0 Å². The van der Waals surface area contributed by atoms with Gasteiger partial charge in [0.15, 0.2) is 5.96 Å². The van der Waals surface area contributed by atoms with Gasteiger partial charge in [-0.05, 0) is 40.0 Å². The molecule has 3 atom stereocenters. The van der Waals surface area contributed by atoms with Crippen LogP contribution in [0.15, 0.2) is 9.41 Å². The maximum atomic E-state index is 5.87. The normalized spacial score (nSPS) is 26.9. The van der Waals surface area contributed by atoms with Crippen LogP contribution in [0.2, 0.25) is 0 Å². The van der Waals surface area contributed by atoms with Gasteiger partial charge in [0.1, 0.15) is 12.3 Å². The fourth-order valence-electron chi connectivity index (χ4n) is 3.04. The van der Waals surface area contributed by atoms with Crippen molar-refractivity contribution in [2.45, 2.75) is 64.8 Å². The van der Waals surface area contributed by atoms with E-state index in [1.165, 1.54) is 6.42 Å². The molecule has 124 valence electrons. The summed E-state index contributed by atoms with van der Waals surface area (Å²) in [6.07, 6.45) is 4.20. The minimum atomic E-state index is 0. The van der Waals surface area contributed by atoms with E-state index in [0.717, 1.165) is 36.8 Å². The zero-order valence-corrected chi connectivity index (χ0v) is 15.7. The Kier molecular flexibility index (Phi) is 6.08. The van der Waals surface area contributed by atoms with E-state index in [-0.39, 0.29) is 24.0 Å². The highest BCUT2D eigenvalue weighted by Gasteiger charge is 2.41. The van der Waals surface area contributed by atoms with Crippen molar-refractivity contribution in [1.29, 1.82) is 0 Å². The Bertz CT molecular complexity index is 512. The molecule has 0 aliphatic carbocycles. The van der Waals surface area contributed by atoms with Crippen LogP contribution in [0.25, 0.3) is 0 Å². The van der Waals surface area contributed by atoms with Crippen LogP contribution in [-0.4, -0.2) is 35.7 Å². The highest BCUT2D eigenvalue weighted by molar-refractivity contribution is 14.0. The number of nitrogens with one attached hydrogen (secondary N) is 2. The summed E-state index contributed by atoms with van der Waals surface area (Å²) in [4.78, 5) is 8.93. The Labute approximate surface area is 148 Å². The van der Waals surface area contributed by atoms with Gasteiger partial charge in [-0.15, -0.1) is 24.0 Å². The van der Waals surface area contributed by atoms with Crippen molar-refractivity contribution in [3.63, 3.8) is 0 Å². The van der Waals surface area contributed by atoms with E-state index in [9.17, 15) is 0 Å². The van der Waals surface area contributed by atoms with Gasteiger partial charge in [-0.1, -0.05) is 0 Å².